The van der Waals surface area contributed by atoms with Gasteiger partial charge in [0.2, 0.25) is 0 Å². The summed E-state index contributed by atoms with van der Waals surface area (Å²) in [6.07, 6.45) is 1.02. The molecule has 0 radical (unpaired) electrons. The second-order valence-electron chi connectivity index (χ2n) is 8.84. The molecule has 0 spiro atoms. The largest absolute Gasteiger partial charge is 0.344 e. The van der Waals surface area contributed by atoms with Crippen molar-refractivity contribution in [3.63, 3.8) is 0 Å². The highest BCUT2D eigenvalue weighted by molar-refractivity contribution is 8.24. The summed E-state index contributed by atoms with van der Waals surface area (Å²) in [7, 11) is -3.35. The summed E-state index contributed by atoms with van der Waals surface area (Å²) in [5.41, 5.74) is 1.55. The fraction of sp³-hybridized carbons (Fsp3) is 0.304. The first kappa shape index (κ1) is 23.9. The number of hydrogen-bond acceptors (Lipinski definition) is 5. The predicted molar refractivity (Wildman–Crippen MR) is 125 cm³/mol. The van der Waals surface area contributed by atoms with Crippen molar-refractivity contribution >= 4 is 33.3 Å². The Morgan fingerprint density at radius 3 is 2.25 bits per heavy atom. The summed E-state index contributed by atoms with van der Waals surface area (Å²) in [6, 6.07) is 10.7. The predicted octanol–water partition coefficient (Wildman–Crippen LogP) is 6.01. The van der Waals surface area contributed by atoms with Gasteiger partial charge in [-0.3, -0.25) is 18.6 Å². The van der Waals surface area contributed by atoms with Gasteiger partial charge in [-0.2, -0.15) is 0 Å². The molecule has 0 saturated heterocycles. The van der Waals surface area contributed by atoms with Crippen LogP contribution in [-0.2, 0) is 5.41 Å². The van der Waals surface area contributed by atoms with Crippen molar-refractivity contribution in [3.05, 3.63) is 70.9 Å². The molecule has 3 aromatic rings. The van der Waals surface area contributed by atoms with E-state index >= 15 is 0 Å². The molecule has 4 N–H and O–H groups in total. The van der Waals surface area contributed by atoms with Crippen molar-refractivity contribution in [1.82, 2.24) is 10.3 Å². The van der Waals surface area contributed by atoms with Crippen molar-refractivity contribution in [2.24, 2.45) is 0 Å². The van der Waals surface area contributed by atoms with E-state index in [9.17, 15) is 22.7 Å². The lowest BCUT2D eigenvalue weighted by Crippen LogP contribution is -2.27. The molecule has 1 aromatic heterocycles. The smallest absolute Gasteiger partial charge is 0.270 e. The van der Waals surface area contributed by atoms with Gasteiger partial charge >= 0.3 is 0 Å². The molecular formula is C23H27F2N3O3S. The Balaban J connectivity index is 1.80. The van der Waals surface area contributed by atoms with E-state index in [1.807, 2.05) is 29.0 Å². The van der Waals surface area contributed by atoms with Crippen LogP contribution in [0.4, 0.5) is 14.5 Å². The molecule has 1 heterocycles. The average Bonchev–Trinajstić information content (AvgIpc) is 2.68. The maximum atomic E-state index is 14.3. The number of aromatic nitrogens is 1. The normalized spacial score (nSPS) is 13.7. The number of carbonyl (C=O) groups is 1. The molecule has 0 bridgehead atoms. The third kappa shape index (κ3) is 5.53. The second kappa shape index (κ2) is 8.65. The average molecular weight is 464 g/mol. The highest BCUT2D eigenvalue weighted by Crippen LogP contribution is 2.37. The standard InChI is InChI=1S/C23H27F2N3O3S/c1-13(15-11-17(24)21(18(25)12-15)28-32(5,30)31)26-22(29)20-8-6-14-10-16(23(2,3)4)7-9-19(14)27-20/h6-13,28,30-31H,1-5H3,(H,26,29)/t13-/m1/s1. The van der Waals surface area contributed by atoms with E-state index < -0.39 is 40.0 Å². The molecule has 0 aliphatic heterocycles. The van der Waals surface area contributed by atoms with Crippen LogP contribution in [-0.4, -0.2) is 26.3 Å². The SMILES string of the molecule is C[C@@H](NC(=O)c1ccc2cc(C(C)(C)C)ccc2n1)c1cc(F)c(NS(C)(O)O)c(F)c1. The van der Waals surface area contributed by atoms with Gasteiger partial charge in [0, 0.05) is 11.6 Å². The molecular weight excluding hydrogens is 436 g/mol. The van der Waals surface area contributed by atoms with E-state index in [1.165, 1.54) is 0 Å². The molecule has 6 nitrogen and oxygen atoms in total. The van der Waals surface area contributed by atoms with Crippen molar-refractivity contribution in [3.8, 4) is 0 Å². The minimum Gasteiger partial charge on any atom is -0.344 e. The first-order valence-electron chi connectivity index (χ1n) is 9.96. The van der Waals surface area contributed by atoms with Crippen molar-refractivity contribution < 1.29 is 22.7 Å². The Morgan fingerprint density at radius 2 is 1.69 bits per heavy atom. The van der Waals surface area contributed by atoms with Crippen LogP contribution in [0.25, 0.3) is 10.9 Å². The number of carbonyl (C=O) groups excluding carboxylic acids is 1. The minimum atomic E-state index is -3.35. The molecule has 0 saturated carbocycles. The lowest BCUT2D eigenvalue weighted by atomic mass is 9.86. The van der Waals surface area contributed by atoms with Crippen LogP contribution in [0.3, 0.4) is 0 Å². The molecule has 0 aliphatic carbocycles. The molecule has 0 fully saturated rings. The quantitative estimate of drug-likeness (QED) is 0.372. The lowest BCUT2D eigenvalue weighted by molar-refractivity contribution is 0.0935. The number of halogens is 2. The van der Waals surface area contributed by atoms with Gasteiger partial charge in [-0.1, -0.05) is 32.9 Å². The number of rotatable bonds is 5. The van der Waals surface area contributed by atoms with Crippen LogP contribution in [0.1, 0.15) is 55.4 Å². The summed E-state index contributed by atoms with van der Waals surface area (Å²) in [5.74, 6) is -2.48. The number of nitrogens with one attached hydrogen (secondary N) is 2. The number of fused-ring (bicyclic) bond motifs is 1. The number of anilines is 1. The molecule has 3 rings (SSSR count). The first-order valence-corrected chi connectivity index (χ1v) is 11.9. The van der Waals surface area contributed by atoms with Crippen molar-refractivity contribution in [2.75, 3.05) is 11.0 Å². The molecule has 172 valence electrons. The van der Waals surface area contributed by atoms with Gasteiger partial charge in [0.05, 0.1) is 11.6 Å². The van der Waals surface area contributed by atoms with E-state index in [-0.39, 0.29) is 16.7 Å². The molecule has 1 amide bonds. The van der Waals surface area contributed by atoms with E-state index in [0.717, 1.165) is 29.3 Å². The first-order chi connectivity index (χ1) is 14.7. The van der Waals surface area contributed by atoms with Gasteiger partial charge in [0.25, 0.3) is 5.91 Å². The number of pyridine rings is 1. The molecule has 0 unspecified atom stereocenters. The molecule has 1 atom stereocenters. The summed E-state index contributed by atoms with van der Waals surface area (Å²) >= 11 is 0. The third-order valence-corrected chi connectivity index (χ3v) is 5.59. The van der Waals surface area contributed by atoms with Crippen LogP contribution in [0.5, 0.6) is 0 Å². The fourth-order valence-corrected chi connectivity index (χ4v) is 3.79. The maximum absolute atomic E-state index is 14.3. The van der Waals surface area contributed by atoms with E-state index in [2.05, 4.69) is 31.1 Å². The summed E-state index contributed by atoms with van der Waals surface area (Å²) in [6.45, 7) is 7.94. The maximum Gasteiger partial charge on any atom is 0.270 e. The number of hydrogen-bond donors (Lipinski definition) is 4. The van der Waals surface area contributed by atoms with Crippen molar-refractivity contribution in [2.45, 2.75) is 39.2 Å². The molecule has 32 heavy (non-hydrogen) atoms. The van der Waals surface area contributed by atoms with E-state index in [1.54, 1.807) is 13.0 Å². The monoisotopic (exact) mass is 463 g/mol. The molecule has 9 heteroatoms. The summed E-state index contributed by atoms with van der Waals surface area (Å²) in [5, 5.41) is 3.60. The molecule has 2 aromatic carbocycles. The Morgan fingerprint density at radius 1 is 1.06 bits per heavy atom. The zero-order valence-corrected chi connectivity index (χ0v) is 19.3. The van der Waals surface area contributed by atoms with Crippen LogP contribution < -0.4 is 10.0 Å². The number of amides is 1. The highest BCUT2D eigenvalue weighted by Gasteiger charge is 2.20. The van der Waals surface area contributed by atoms with Crippen LogP contribution in [0, 0.1) is 11.6 Å². The third-order valence-electron chi connectivity index (χ3n) is 5.00. The summed E-state index contributed by atoms with van der Waals surface area (Å²) in [4.78, 5) is 17.1. The van der Waals surface area contributed by atoms with Crippen LogP contribution in [0.2, 0.25) is 0 Å². The van der Waals surface area contributed by atoms with Gasteiger partial charge in [-0.15, -0.1) is 10.8 Å². The Hall–Kier alpha value is -2.75. The van der Waals surface area contributed by atoms with Gasteiger partial charge in [0.1, 0.15) is 11.4 Å². The second-order valence-corrected chi connectivity index (χ2v) is 10.7. The van der Waals surface area contributed by atoms with Crippen LogP contribution >= 0.6 is 10.8 Å². The highest BCUT2D eigenvalue weighted by atomic mass is 32.3. The van der Waals surface area contributed by atoms with Crippen molar-refractivity contribution in [1.29, 1.82) is 0 Å². The zero-order valence-electron chi connectivity index (χ0n) is 18.5. The Labute approximate surface area is 187 Å². The lowest BCUT2D eigenvalue weighted by Gasteiger charge is -2.29. The minimum absolute atomic E-state index is 0.0103. The van der Waals surface area contributed by atoms with Gasteiger partial charge < -0.3 is 5.32 Å². The van der Waals surface area contributed by atoms with Gasteiger partial charge in [-0.05, 0) is 53.8 Å². The van der Waals surface area contributed by atoms with Crippen LogP contribution in [0.15, 0.2) is 42.5 Å². The van der Waals surface area contributed by atoms with E-state index in [4.69, 9.17) is 0 Å². The number of nitrogens with zero attached hydrogens (tertiary/aromatic N) is 1. The Kier molecular flexibility index (Phi) is 6.46. The number of benzene rings is 2. The zero-order chi connectivity index (χ0) is 23.8. The van der Waals surface area contributed by atoms with E-state index in [0.29, 0.717) is 5.52 Å². The molecule has 0 aliphatic rings. The topological polar surface area (TPSA) is 94.5 Å². The van der Waals surface area contributed by atoms with Gasteiger partial charge in [0.15, 0.2) is 11.6 Å². The fourth-order valence-electron chi connectivity index (χ4n) is 3.21. The summed E-state index contributed by atoms with van der Waals surface area (Å²) < 4.78 is 49.5. The Bertz CT molecular complexity index is 1150. The van der Waals surface area contributed by atoms with Gasteiger partial charge in [-0.25, -0.2) is 13.8 Å².